The van der Waals surface area contributed by atoms with Crippen molar-refractivity contribution in [1.82, 2.24) is 0 Å². The fourth-order valence-electron chi connectivity index (χ4n) is 7.62. The Labute approximate surface area is 285 Å². The lowest BCUT2D eigenvalue weighted by molar-refractivity contribution is 0.604. The van der Waals surface area contributed by atoms with E-state index >= 15 is 0 Å². The van der Waals surface area contributed by atoms with E-state index < -0.39 is 14.5 Å². The van der Waals surface area contributed by atoms with Gasteiger partial charge in [-0.3, -0.25) is 0 Å². The van der Waals surface area contributed by atoms with Gasteiger partial charge in [0.05, 0.1) is 17.6 Å². The standard InChI is InChI=1S/C45H50P2/c1(2-4-24-38-46(40-26-12-6-13-27-40,41-28-14-7-15-29-41)42-30-16-8-17-31-42)3-5-25-39-47(43-32-18-9-19-33-43,44-34-20-10-21-35-44)45-36-22-11-23-37-45/h6-22,26-36H,1-5,23-25,37-39H2/q+2. The van der Waals surface area contributed by atoms with Crippen LogP contribution in [-0.2, 0) is 0 Å². The van der Waals surface area contributed by atoms with Crippen LogP contribution in [0.1, 0.15) is 57.8 Å². The molecule has 0 radical (unpaired) electrons. The average Bonchev–Trinajstić information content (AvgIpc) is 3.16. The van der Waals surface area contributed by atoms with Crippen LogP contribution in [0, 0.1) is 0 Å². The first-order valence-electron chi connectivity index (χ1n) is 17.7. The van der Waals surface area contributed by atoms with Gasteiger partial charge in [0.15, 0.2) is 0 Å². The number of hydrogen-bond acceptors (Lipinski definition) is 0. The van der Waals surface area contributed by atoms with Gasteiger partial charge in [-0.05, 0) is 98.8 Å². The molecule has 5 aromatic rings. The molecule has 0 amide bonds. The second-order valence-corrected chi connectivity index (χ2v) is 20.1. The largest absolute Gasteiger partial charge is 0.112 e. The highest BCUT2D eigenvalue weighted by molar-refractivity contribution is 7.95. The first-order chi connectivity index (χ1) is 23.3. The molecule has 0 heterocycles. The Balaban J connectivity index is 1.09. The van der Waals surface area contributed by atoms with Crippen molar-refractivity contribution in [1.29, 1.82) is 0 Å². The number of hydrogen-bond donors (Lipinski definition) is 0. The predicted octanol–water partition coefficient (Wildman–Crippen LogP) is 10.6. The molecule has 6 rings (SSSR count). The fourth-order valence-corrected chi connectivity index (χ4v) is 16.7. The van der Waals surface area contributed by atoms with Gasteiger partial charge in [0.1, 0.15) is 41.0 Å². The molecule has 2 heteroatoms. The van der Waals surface area contributed by atoms with E-state index in [1.165, 1.54) is 79.6 Å². The molecular formula is C45H50P2+2. The van der Waals surface area contributed by atoms with Crippen LogP contribution >= 0.6 is 14.5 Å². The Kier molecular flexibility index (Phi) is 12.1. The minimum atomic E-state index is -1.72. The maximum absolute atomic E-state index is 2.46. The highest BCUT2D eigenvalue weighted by Gasteiger charge is 2.46. The number of benzene rings is 5. The van der Waals surface area contributed by atoms with Crippen LogP contribution in [-0.4, -0.2) is 12.3 Å². The highest BCUT2D eigenvalue weighted by atomic mass is 31.2. The van der Waals surface area contributed by atoms with Crippen molar-refractivity contribution in [3.63, 3.8) is 0 Å². The van der Waals surface area contributed by atoms with E-state index in [0.29, 0.717) is 0 Å². The molecule has 1 aliphatic rings. The van der Waals surface area contributed by atoms with Crippen LogP contribution in [0.3, 0.4) is 0 Å². The Bertz CT molecular complexity index is 1540. The molecule has 47 heavy (non-hydrogen) atoms. The molecule has 1 aliphatic carbocycles. The molecule has 0 saturated heterocycles. The summed E-state index contributed by atoms with van der Waals surface area (Å²) < 4.78 is 0. The molecule has 0 nitrogen and oxygen atoms in total. The number of rotatable bonds is 16. The summed E-state index contributed by atoms with van der Waals surface area (Å²) in [5, 5.41) is 9.29. The van der Waals surface area contributed by atoms with Gasteiger partial charge in [-0.15, -0.1) is 0 Å². The van der Waals surface area contributed by atoms with Crippen molar-refractivity contribution in [2.45, 2.75) is 57.8 Å². The lowest BCUT2D eigenvalue weighted by Crippen LogP contribution is -2.33. The SMILES string of the molecule is C1=CCCC([P+](CCCCCCCCC[P+](c2ccccc2)(c2ccccc2)c2ccccc2)(c2ccccc2)c2ccccc2)=C1. The third kappa shape index (κ3) is 7.78. The summed E-state index contributed by atoms with van der Waals surface area (Å²) in [5.41, 5.74) is 0. The Hall–Kier alpha value is -3.56. The molecule has 5 aromatic carbocycles. The number of allylic oxidation sites excluding steroid dienone is 4. The first-order valence-corrected chi connectivity index (χ1v) is 21.7. The van der Waals surface area contributed by atoms with Crippen molar-refractivity contribution < 1.29 is 0 Å². The summed E-state index contributed by atoms with van der Waals surface area (Å²) in [7, 11) is -3.35. The topological polar surface area (TPSA) is 0 Å². The summed E-state index contributed by atoms with van der Waals surface area (Å²) in [6, 6.07) is 57.0. The van der Waals surface area contributed by atoms with E-state index in [0.717, 1.165) is 6.42 Å². The Morgan fingerprint density at radius 1 is 0.362 bits per heavy atom. The normalized spacial score (nSPS) is 13.3. The molecule has 0 aliphatic heterocycles. The van der Waals surface area contributed by atoms with E-state index in [-0.39, 0.29) is 0 Å². The van der Waals surface area contributed by atoms with Crippen molar-refractivity contribution in [2.24, 2.45) is 0 Å². The van der Waals surface area contributed by atoms with Crippen LogP contribution < -0.4 is 26.5 Å². The maximum atomic E-state index is 2.46. The van der Waals surface area contributed by atoms with E-state index in [9.17, 15) is 0 Å². The van der Waals surface area contributed by atoms with Crippen molar-refractivity contribution in [2.75, 3.05) is 12.3 Å². The van der Waals surface area contributed by atoms with Crippen molar-refractivity contribution in [3.05, 3.63) is 175 Å². The van der Waals surface area contributed by atoms with Crippen LogP contribution in [0.2, 0.25) is 0 Å². The number of unbranched alkanes of at least 4 members (excludes halogenated alkanes) is 6. The maximum Gasteiger partial charge on any atom is 0.112 e. The van der Waals surface area contributed by atoms with E-state index in [4.69, 9.17) is 0 Å². The smallest absolute Gasteiger partial charge is 0.0839 e. The zero-order valence-corrected chi connectivity index (χ0v) is 29.6. The van der Waals surface area contributed by atoms with E-state index in [1.807, 2.05) is 0 Å². The van der Waals surface area contributed by atoms with Crippen molar-refractivity contribution in [3.8, 4) is 0 Å². The quantitative estimate of drug-likeness (QED) is 0.0735. The minimum Gasteiger partial charge on any atom is -0.0839 e. The minimum absolute atomic E-state index is 1.16. The van der Waals surface area contributed by atoms with Crippen LogP contribution in [0.4, 0.5) is 0 Å². The Morgan fingerprint density at radius 2 is 0.681 bits per heavy atom. The zero-order chi connectivity index (χ0) is 32.0. The second-order valence-electron chi connectivity index (χ2n) is 12.8. The first kappa shape index (κ1) is 33.3. The molecule has 0 N–H and O–H groups in total. The fraction of sp³-hybridized carbons (Fsp3) is 0.244. The van der Waals surface area contributed by atoms with Gasteiger partial charge in [-0.2, -0.15) is 0 Å². The highest BCUT2D eigenvalue weighted by Crippen LogP contribution is 2.65. The van der Waals surface area contributed by atoms with E-state index in [1.54, 1.807) is 15.9 Å². The average molecular weight is 653 g/mol. The van der Waals surface area contributed by atoms with Gasteiger partial charge in [0, 0.05) is 6.42 Å². The molecule has 0 unspecified atom stereocenters. The third-order valence-electron chi connectivity index (χ3n) is 9.95. The van der Waals surface area contributed by atoms with Gasteiger partial charge in [-0.25, -0.2) is 0 Å². The monoisotopic (exact) mass is 652 g/mol. The van der Waals surface area contributed by atoms with Gasteiger partial charge >= 0.3 is 0 Å². The predicted molar refractivity (Wildman–Crippen MR) is 213 cm³/mol. The van der Waals surface area contributed by atoms with Gasteiger partial charge in [0.2, 0.25) is 0 Å². The molecule has 0 saturated carbocycles. The Morgan fingerprint density at radius 3 is 1.02 bits per heavy atom. The molecule has 0 atom stereocenters. The molecule has 238 valence electrons. The van der Waals surface area contributed by atoms with Crippen molar-refractivity contribution >= 4 is 41.0 Å². The zero-order valence-electron chi connectivity index (χ0n) is 27.8. The third-order valence-corrected chi connectivity index (χ3v) is 19.2. The summed E-state index contributed by atoms with van der Waals surface area (Å²) in [6.45, 7) is 0. The van der Waals surface area contributed by atoms with Gasteiger partial charge < -0.3 is 0 Å². The summed E-state index contributed by atoms with van der Waals surface area (Å²) in [5.74, 6) is 0. The summed E-state index contributed by atoms with van der Waals surface area (Å²) in [6.07, 6.45) is 21.1. The van der Waals surface area contributed by atoms with Crippen LogP contribution in [0.25, 0.3) is 0 Å². The molecule has 0 fully saturated rings. The molecule has 0 spiro atoms. The summed E-state index contributed by atoms with van der Waals surface area (Å²) in [4.78, 5) is 0. The second kappa shape index (κ2) is 17.0. The van der Waals surface area contributed by atoms with Crippen LogP contribution in [0.5, 0.6) is 0 Å². The lowest BCUT2D eigenvalue weighted by Gasteiger charge is -2.30. The molecular weight excluding hydrogens is 602 g/mol. The van der Waals surface area contributed by atoms with Crippen LogP contribution in [0.15, 0.2) is 175 Å². The van der Waals surface area contributed by atoms with E-state index in [2.05, 4.69) is 170 Å². The molecule has 0 aromatic heterocycles. The van der Waals surface area contributed by atoms with Gasteiger partial charge in [-0.1, -0.05) is 122 Å². The molecule has 0 bridgehead atoms. The lowest BCUT2D eigenvalue weighted by atomic mass is 10.1. The summed E-state index contributed by atoms with van der Waals surface area (Å²) >= 11 is 0. The van der Waals surface area contributed by atoms with Gasteiger partial charge in [0.25, 0.3) is 0 Å².